The number of fused-ring (bicyclic) bond motifs is 1. The number of aryl methyl sites for hydroxylation is 1. The van der Waals surface area contributed by atoms with Gasteiger partial charge in [0, 0.05) is 32.6 Å². The van der Waals surface area contributed by atoms with Crippen LogP contribution >= 0.6 is 0 Å². The summed E-state index contributed by atoms with van der Waals surface area (Å²) >= 11 is 0. The Kier molecular flexibility index (Phi) is 7.29. The first kappa shape index (κ1) is 23.1. The molecular formula is C23H26FN3O5. The molecule has 0 atom stereocenters. The van der Waals surface area contributed by atoms with Gasteiger partial charge in [-0.15, -0.1) is 0 Å². The van der Waals surface area contributed by atoms with E-state index in [1.54, 1.807) is 25.2 Å². The predicted octanol–water partition coefficient (Wildman–Crippen LogP) is 3.00. The molecule has 1 heterocycles. The lowest BCUT2D eigenvalue weighted by molar-refractivity contribution is -0.130. The number of benzene rings is 2. The van der Waals surface area contributed by atoms with E-state index in [-0.39, 0.29) is 30.2 Å². The molecule has 3 aromatic rings. The van der Waals surface area contributed by atoms with Gasteiger partial charge in [-0.2, -0.15) is 0 Å². The van der Waals surface area contributed by atoms with Crippen molar-refractivity contribution in [3.63, 3.8) is 0 Å². The second-order valence-corrected chi connectivity index (χ2v) is 7.29. The zero-order valence-corrected chi connectivity index (χ0v) is 18.6. The summed E-state index contributed by atoms with van der Waals surface area (Å²) in [6.07, 6.45) is 2.16. The number of methoxy groups -OCH3 is 3. The highest BCUT2D eigenvalue weighted by atomic mass is 19.1. The maximum Gasteiger partial charge on any atom is 0.261 e. The Morgan fingerprint density at radius 2 is 1.75 bits per heavy atom. The maximum atomic E-state index is 13.8. The molecule has 0 bridgehead atoms. The average Bonchev–Trinajstić information content (AvgIpc) is 2.79. The van der Waals surface area contributed by atoms with E-state index in [0.717, 1.165) is 0 Å². The molecule has 0 N–H and O–H groups in total. The third-order valence-electron chi connectivity index (χ3n) is 5.18. The molecule has 1 amide bonds. The minimum absolute atomic E-state index is 0.102. The summed E-state index contributed by atoms with van der Waals surface area (Å²) in [5, 5.41) is 0.412. The van der Waals surface area contributed by atoms with Gasteiger partial charge in [-0.25, -0.2) is 9.37 Å². The van der Waals surface area contributed by atoms with Gasteiger partial charge in [0.1, 0.15) is 0 Å². The van der Waals surface area contributed by atoms with Gasteiger partial charge in [-0.1, -0.05) is 6.07 Å². The highest BCUT2D eigenvalue weighted by Crippen LogP contribution is 2.29. The average molecular weight is 443 g/mol. The minimum atomic E-state index is -0.469. The van der Waals surface area contributed by atoms with Crippen molar-refractivity contribution in [2.45, 2.75) is 25.9 Å². The molecule has 0 aliphatic heterocycles. The second-order valence-electron chi connectivity index (χ2n) is 7.29. The number of aromatic nitrogens is 2. The number of carbonyl (C=O) groups is 1. The first-order valence-corrected chi connectivity index (χ1v) is 10.1. The minimum Gasteiger partial charge on any atom is -0.494 e. The van der Waals surface area contributed by atoms with Crippen molar-refractivity contribution in [1.29, 1.82) is 0 Å². The van der Waals surface area contributed by atoms with E-state index >= 15 is 0 Å². The fraction of sp³-hybridized carbons (Fsp3) is 0.348. The predicted molar refractivity (Wildman–Crippen MR) is 118 cm³/mol. The van der Waals surface area contributed by atoms with Gasteiger partial charge in [0.25, 0.3) is 5.56 Å². The van der Waals surface area contributed by atoms with E-state index in [4.69, 9.17) is 14.2 Å². The Morgan fingerprint density at radius 1 is 1.06 bits per heavy atom. The lowest BCUT2D eigenvalue weighted by atomic mass is 10.2. The fourth-order valence-corrected chi connectivity index (χ4v) is 3.41. The smallest absolute Gasteiger partial charge is 0.261 e. The summed E-state index contributed by atoms with van der Waals surface area (Å²) in [6, 6.07) is 7.86. The summed E-state index contributed by atoms with van der Waals surface area (Å²) < 4.78 is 30.7. The summed E-state index contributed by atoms with van der Waals surface area (Å²) in [5.74, 6) is 0.532. The Labute approximate surface area is 185 Å². The number of hydrogen-bond acceptors (Lipinski definition) is 6. The first-order valence-electron chi connectivity index (χ1n) is 10.1. The van der Waals surface area contributed by atoms with E-state index < -0.39 is 5.82 Å². The quantitative estimate of drug-likeness (QED) is 0.506. The van der Waals surface area contributed by atoms with E-state index in [9.17, 15) is 14.0 Å². The molecule has 0 unspecified atom stereocenters. The molecule has 0 fully saturated rings. The number of rotatable bonds is 9. The number of halogens is 1. The molecule has 0 saturated heterocycles. The molecular weight excluding hydrogens is 417 g/mol. The third-order valence-corrected chi connectivity index (χ3v) is 5.18. The SMILES string of the molecule is COc1ccc(CN(C)C(=O)CCCn2cnc3cc(OC)c(OC)cc3c2=O)cc1F. The van der Waals surface area contributed by atoms with E-state index in [2.05, 4.69) is 4.98 Å². The first-order chi connectivity index (χ1) is 15.4. The molecule has 0 saturated carbocycles. The van der Waals surface area contributed by atoms with Crippen molar-refractivity contribution < 1.29 is 23.4 Å². The van der Waals surface area contributed by atoms with Gasteiger partial charge < -0.3 is 19.1 Å². The fourth-order valence-electron chi connectivity index (χ4n) is 3.41. The van der Waals surface area contributed by atoms with Crippen molar-refractivity contribution in [2.75, 3.05) is 28.4 Å². The molecule has 0 spiro atoms. The van der Waals surface area contributed by atoms with E-state index in [1.807, 2.05) is 0 Å². The molecule has 0 aliphatic carbocycles. The number of amides is 1. The monoisotopic (exact) mass is 443 g/mol. The Morgan fingerprint density at radius 3 is 2.41 bits per heavy atom. The summed E-state index contributed by atoms with van der Waals surface area (Å²) in [7, 11) is 6.08. The van der Waals surface area contributed by atoms with Crippen molar-refractivity contribution in [3.05, 3.63) is 58.4 Å². The summed E-state index contributed by atoms with van der Waals surface area (Å²) in [5.41, 5.74) is 0.954. The van der Waals surface area contributed by atoms with Crippen LogP contribution in [0.3, 0.4) is 0 Å². The molecule has 0 aliphatic rings. The molecule has 170 valence electrons. The van der Waals surface area contributed by atoms with Crippen LogP contribution in [0.15, 0.2) is 41.5 Å². The van der Waals surface area contributed by atoms with Crippen LogP contribution in [-0.2, 0) is 17.9 Å². The zero-order chi connectivity index (χ0) is 23.3. The molecule has 9 heteroatoms. The number of carbonyl (C=O) groups excluding carboxylic acids is 1. The third kappa shape index (κ3) is 4.99. The van der Waals surface area contributed by atoms with Crippen molar-refractivity contribution in [1.82, 2.24) is 14.5 Å². The van der Waals surface area contributed by atoms with Crippen LogP contribution in [0.4, 0.5) is 4.39 Å². The maximum absolute atomic E-state index is 13.8. The van der Waals surface area contributed by atoms with Crippen molar-refractivity contribution in [2.24, 2.45) is 0 Å². The molecule has 2 aromatic carbocycles. The zero-order valence-electron chi connectivity index (χ0n) is 18.6. The summed E-state index contributed by atoms with van der Waals surface area (Å²) in [6.45, 7) is 0.617. The van der Waals surface area contributed by atoms with Crippen LogP contribution in [0.25, 0.3) is 10.9 Å². The largest absolute Gasteiger partial charge is 0.494 e. The number of ether oxygens (including phenoxy) is 3. The Hall–Kier alpha value is -3.62. The highest BCUT2D eigenvalue weighted by molar-refractivity contribution is 5.81. The lowest BCUT2D eigenvalue weighted by Crippen LogP contribution is -2.27. The van der Waals surface area contributed by atoms with Gasteiger partial charge in [0.2, 0.25) is 5.91 Å². The standard InChI is InChI=1S/C23H26FN3O5/c1-26(13-15-7-8-19(30-2)17(24)10-15)22(28)6-5-9-27-14-25-18-12-21(32-4)20(31-3)11-16(18)23(27)29/h7-8,10-12,14H,5-6,9,13H2,1-4H3. The van der Waals surface area contributed by atoms with Crippen molar-refractivity contribution in [3.8, 4) is 17.2 Å². The van der Waals surface area contributed by atoms with Crippen LogP contribution in [0, 0.1) is 5.82 Å². The molecule has 8 nitrogen and oxygen atoms in total. The van der Waals surface area contributed by atoms with Gasteiger partial charge in [0.15, 0.2) is 23.1 Å². The van der Waals surface area contributed by atoms with E-state index in [1.165, 1.54) is 49.3 Å². The van der Waals surface area contributed by atoms with Crippen molar-refractivity contribution >= 4 is 16.8 Å². The van der Waals surface area contributed by atoms with Crippen LogP contribution in [0.2, 0.25) is 0 Å². The highest BCUT2D eigenvalue weighted by Gasteiger charge is 2.13. The number of hydrogen-bond donors (Lipinski definition) is 0. The van der Waals surface area contributed by atoms with Crippen LogP contribution in [0.5, 0.6) is 17.2 Å². The lowest BCUT2D eigenvalue weighted by Gasteiger charge is -2.18. The molecule has 3 rings (SSSR count). The van der Waals surface area contributed by atoms with Gasteiger partial charge in [0.05, 0.1) is 38.6 Å². The molecule has 0 radical (unpaired) electrons. The van der Waals surface area contributed by atoms with Gasteiger partial charge >= 0.3 is 0 Å². The number of nitrogens with zero attached hydrogens (tertiary/aromatic N) is 3. The summed E-state index contributed by atoms with van der Waals surface area (Å²) in [4.78, 5) is 31.1. The normalized spacial score (nSPS) is 10.8. The van der Waals surface area contributed by atoms with Gasteiger partial charge in [-0.3, -0.25) is 14.2 Å². The molecule has 1 aromatic heterocycles. The Bertz CT molecular complexity index is 1180. The van der Waals surface area contributed by atoms with Gasteiger partial charge in [-0.05, 0) is 30.2 Å². The van der Waals surface area contributed by atoms with Crippen LogP contribution in [-0.4, -0.2) is 48.7 Å². The van der Waals surface area contributed by atoms with Crippen LogP contribution < -0.4 is 19.8 Å². The topological polar surface area (TPSA) is 82.9 Å². The Balaban J connectivity index is 1.62. The molecule has 32 heavy (non-hydrogen) atoms. The van der Waals surface area contributed by atoms with E-state index in [0.29, 0.717) is 40.9 Å². The second kappa shape index (κ2) is 10.1. The van der Waals surface area contributed by atoms with Crippen LogP contribution in [0.1, 0.15) is 18.4 Å².